The van der Waals surface area contributed by atoms with Crippen LogP contribution in [0.4, 0.5) is 0 Å². The van der Waals surface area contributed by atoms with Gasteiger partial charge in [-0.25, -0.2) is 0 Å². The van der Waals surface area contributed by atoms with E-state index in [0.29, 0.717) is 47.7 Å². The number of hydrogen-bond donors (Lipinski definition) is 0. The molecule has 0 unspecified atom stereocenters. The predicted molar refractivity (Wildman–Crippen MR) is 223 cm³/mol. The summed E-state index contributed by atoms with van der Waals surface area (Å²) < 4.78 is 38.4. The van der Waals surface area contributed by atoms with Gasteiger partial charge in [-0.2, -0.15) is 0 Å². The summed E-state index contributed by atoms with van der Waals surface area (Å²) in [5.74, 6) is 3.82. The average Bonchev–Trinajstić information content (AvgIpc) is 3.87. The molecule has 0 saturated heterocycles. The predicted octanol–water partition coefficient (Wildman–Crippen LogP) is 8.36. The standard InChI is InChI=1S/C46H44O6P2/c1-7-47-37-25-39(53(33-17-9-29(3)10-18-33)34-19-11-30(4)12-20-34)41(45-43(37)49-27-51-45)42-40(26-38(48-8-2)44-46(42)52-28-50-44)54(35-21-13-31(5)14-22-35)36-23-15-32(6)16-24-36/h9-26H,7-8,27-28H2,1-6H3. The minimum atomic E-state index is -1.15. The molecule has 0 spiro atoms. The summed E-state index contributed by atoms with van der Waals surface area (Å²) in [4.78, 5) is 0. The molecule has 0 saturated carbocycles. The Morgan fingerprint density at radius 2 is 0.704 bits per heavy atom. The summed E-state index contributed by atoms with van der Waals surface area (Å²) in [6, 6.07) is 40.0. The number of ether oxygens (including phenoxy) is 6. The molecule has 2 aliphatic heterocycles. The zero-order chi connectivity index (χ0) is 37.3. The normalized spacial score (nSPS) is 12.8. The fourth-order valence-electron chi connectivity index (χ4n) is 7.04. The van der Waals surface area contributed by atoms with E-state index < -0.39 is 15.8 Å². The van der Waals surface area contributed by atoms with E-state index in [0.717, 1.165) is 21.7 Å². The lowest BCUT2D eigenvalue weighted by Gasteiger charge is -2.29. The van der Waals surface area contributed by atoms with Crippen molar-refractivity contribution in [1.82, 2.24) is 0 Å². The topological polar surface area (TPSA) is 55.4 Å². The van der Waals surface area contributed by atoms with E-state index >= 15 is 0 Å². The molecular weight excluding hydrogens is 710 g/mol. The summed E-state index contributed by atoms with van der Waals surface area (Å²) in [5, 5.41) is 7.00. The largest absolute Gasteiger partial charge is 0.490 e. The first kappa shape index (κ1) is 36.0. The Kier molecular flexibility index (Phi) is 10.2. The monoisotopic (exact) mass is 754 g/mol. The molecule has 6 nitrogen and oxygen atoms in total. The molecule has 0 fully saturated rings. The van der Waals surface area contributed by atoms with Gasteiger partial charge in [0.05, 0.1) is 13.2 Å². The third-order valence-corrected chi connectivity index (χ3v) is 14.6. The van der Waals surface area contributed by atoms with Crippen LogP contribution in [0.1, 0.15) is 36.1 Å². The first-order valence-electron chi connectivity index (χ1n) is 18.4. The summed E-state index contributed by atoms with van der Waals surface area (Å²) in [7, 11) is -2.31. The molecule has 2 aliphatic rings. The lowest BCUT2D eigenvalue weighted by atomic mass is 10.0. The lowest BCUT2D eigenvalue weighted by molar-refractivity contribution is 0.169. The van der Waals surface area contributed by atoms with Crippen molar-refractivity contribution in [3.63, 3.8) is 0 Å². The summed E-state index contributed by atoms with van der Waals surface area (Å²) >= 11 is 0. The van der Waals surface area contributed by atoms with Crippen LogP contribution in [0.15, 0.2) is 109 Å². The Labute approximate surface area is 320 Å². The molecule has 0 aliphatic carbocycles. The molecule has 6 aromatic rings. The summed E-state index contributed by atoms with van der Waals surface area (Å²) in [6.45, 7) is 13.6. The van der Waals surface area contributed by atoms with Crippen molar-refractivity contribution in [3.8, 4) is 45.6 Å². The van der Waals surface area contributed by atoms with E-state index in [9.17, 15) is 0 Å². The van der Waals surface area contributed by atoms with E-state index in [1.54, 1.807) is 0 Å². The van der Waals surface area contributed by atoms with E-state index in [-0.39, 0.29) is 13.6 Å². The Balaban J connectivity index is 1.52. The van der Waals surface area contributed by atoms with Crippen molar-refractivity contribution >= 4 is 47.7 Å². The van der Waals surface area contributed by atoms with Gasteiger partial charge in [-0.05, 0) is 90.7 Å². The average molecular weight is 755 g/mol. The molecule has 274 valence electrons. The third-order valence-electron chi connectivity index (χ3n) is 9.68. The Bertz CT molecular complexity index is 2030. The number of fused-ring (bicyclic) bond motifs is 2. The molecule has 0 N–H and O–H groups in total. The maximum atomic E-state index is 6.57. The van der Waals surface area contributed by atoms with E-state index in [1.807, 2.05) is 13.8 Å². The van der Waals surface area contributed by atoms with Gasteiger partial charge in [0.2, 0.25) is 25.1 Å². The van der Waals surface area contributed by atoms with Gasteiger partial charge >= 0.3 is 0 Å². The van der Waals surface area contributed by atoms with Gasteiger partial charge in [-0.1, -0.05) is 119 Å². The summed E-state index contributed by atoms with van der Waals surface area (Å²) in [5.41, 5.74) is 6.67. The molecule has 0 aromatic heterocycles. The van der Waals surface area contributed by atoms with Gasteiger partial charge in [0.1, 0.15) is 0 Å². The van der Waals surface area contributed by atoms with Crippen molar-refractivity contribution in [2.75, 3.05) is 26.8 Å². The highest BCUT2D eigenvalue weighted by Gasteiger charge is 2.39. The van der Waals surface area contributed by atoms with Crippen molar-refractivity contribution < 1.29 is 28.4 Å². The second-order valence-electron chi connectivity index (χ2n) is 13.5. The highest BCUT2D eigenvalue weighted by Crippen LogP contribution is 2.57. The molecule has 2 heterocycles. The van der Waals surface area contributed by atoms with Crippen LogP contribution in [0.2, 0.25) is 0 Å². The van der Waals surface area contributed by atoms with Crippen LogP contribution in [0.3, 0.4) is 0 Å². The van der Waals surface area contributed by atoms with Gasteiger partial charge in [0.15, 0.2) is 23.0 Å². The van der Waals surface area contributed by atoms with Crippen LogP contribution in [-0.4, -0.2) is 26.8 Å². The molecule has 0 radical (unpaired) electrons. The highest BCUT2D eigenvalue weighted by atomic mass is 31.1. The second kappa shape index (κ2) is 15.4. The Hall–Kier alpha value is -5.02. The quantitative estimate of drug-likeness (QED) is 0.124. The van der Waals surface area contributed by atoms with Crippen LogP contribution >= 0.6 is 15.8 Å². The molecule has 6 aromatic carbocycles. The Morgan fingerprint density at radius 1 is 0.426 bits per heavy atom. The van der Waals surface area contributed by atoms with Crippen molar-refractivity contribution in [2.24, 2.45) is 0 Å². The van der Waals surface area contributed by atoms with E-state index in [2.05, 4.69) is 137 Å². The van der Waals surface area contributed by atoms with Crippen LogP contribution in [-0.2, 0) is 0 Å². The third kappa shape index (κ3) is 6.79. The summed E-state index contributed by atoms with van der Waals surface area (Å²) in [6.07, 6.45) is 0. The second-order valence-corrected chi connectivity index (χ2v) is 17.9. The number of benzene rings is 6. The molecule has 54 heavy (non-hydrogen) atoms. The molecule has 0 bridgehead atoms. The number of hydrogen-bond acceptors (Lipinski definition) is 6. The van der Waals surface area contributed by atoms with Gasteiger partial charge < -0.3 is 28.4 Å². The SMILES string of the molecule is CCOc1cc(P(c2ccc(C)cc2)c2ccc(C)cc2)c(-c2c(P(c3ccc(C)cc3)c3ccc(C)cc3)cc(OCC)c3c2OCO3)c2c1OCO2. The minimum absolute atomic E-state index is 0.0788. The Morgan fingerprint density at radius 3 is 0.981 bits per heavy atom. The molecule has 8 heteroatoms. The maximum absolute atomic E-state index is 6.57. The fourth-order valence-corrected chi connectivity index (χ4v) is 11.9. The van der Waals surface area contributed by atoms with Crippen LogP contribution < -0.4 is 60.2 Å². The zero-order valence-corrected chi connectivity index (χ0v) is 33.4. The van der Waals surface area contributed by atoms with Gasteiger partial charge in [0.25, 0.3) is 0 Å². The van der Waals surface area contributed by atoms with Gasteiger partial charge in [-0.3, -0.25) is 0 Å². The van der Waals surface area contributed by atoms with Crippen molar-refractivity contribution in [2.45, 2.75) is 41.5 Å². The molecule has 0 atom stereocenters. The fraction of sp³-hybridized carbons (Fsp3) is 0.217. The van der Waals surface area contributed by atoms with Crippen molar-refractivity contribution in [1.29, 1.82) is 0 Å². The van der Waals surface area contributed by atoms with Gasteiger partial charge in [-0.15, -0.1) is 0 Å². The minimum Gasteiger partial charge on any atom is -0.490 e. The lowest BCUT2D eigenvalue weighted by Crippen LogP contribution is -2.27. The number of rotatable bonds is 11. The van der Waals surface area contributed by atoms with E-state index in [4.69, 9.17) is 28.4 Å². The van der Waals surface area contributed by atoms with Crippen LogP contribution in [0.5, 0.6) is 34.5 Å². The first-order valence-corrected chi connectivity index (χ1v) is 21.1. The molecule has 0 amide bonds. The molecular formula is C46H44O6P2. The van der Waals surface area contributed by atoms with Crippen LogP contribution in [0.25, 0.3) is 11.1 Å². The highest BCUT2D eigenvalue weighted by molar-refractivity contribution is 7.80. The van der Waals surface area contributed by atoms with E-state index in [1.165, 1.54) is 43.5 Å². The maximum Gasteiger partial charge on any atom is 0.231 e. The molecule has 8 rings (SSSR count). The first-order chi connectivity index (χ1) is 26.3. The van der Waals surface area contributed by atoms with Gasteiger partial charge in [0, 0.05) is 21.7 Å². The van der Waals surface area contributed by atoms with Crippen LogP contribution in [0, 0.1) is 27.7 Å². The number of aryl methyl sites for hydroxylation is 4. The van der Waals surface area contributed by atoms with Crippen molar-refractivity contribution in [3.05, 3.63) is 131 Å². The zero-order valence-electron chi connectivity index (χ0n) is 31.6. The smallest absolute Gasteiger partial charge is 0.231 e.